The zero-order valence-electron chi connectivity index (χ0n) is 20.9. The third-order valence-corrected chi connectivity index (χ3v) is 7.37. The SMILES string of the molecule is CC(C)C[C@H](NC(=O)OC(C)(C)C)C(=O)N([C@H]1CC[C@@H](C)NC[C@@H]1O)S(=O)(=O)c1ccccc1. The summed E-state index contributed by atoms with van der Waals surface area (Å²) in [7, 11) is -4.31. The smallest absolute Gasteiger partial charge is 0.408 e. The van der Waals surface area contributed by atoms with E-state index in [2.05, 4.69) is 10.6 Å². The van der Waals surface area contributed by atoms with Crippen molar-refractivity contribution in [3.05, 3.63) is 30.3 Å². The molecule has 0 spiro atoms. The van der Waals surface area contributed by atoms with Gasteiger partial charge in [0.15, 0.2) is 0 Å². The van der Waals surface area contributed by atoms with Gasteiger partial charge in [0.05, 0.1) is 17.0 Å². The van der Waals surface area contributed by atoms with E-state index < -0.39 is 45.8 Å². The van der Waals surface area contributed by atoms with E-state index in [1.807, 2.05) is 20.8 Å². The van der Waals surface area contributed by atoms with Crippen molar-refractivity contribution in [1.29, 1.82) is 0 Å². The van der Waals surface area contributed by atoms with E-state index in [1.54, 1.807) is 39.0 Å². The molecule has 34 heavy (non-hydrogen) atoms. The Balaban J connectivity index is 2.51. The standard InChI is InChI=1S/C24H39N3O6S/c1-16(2)14-19(26-23(30)33-24(4,5)6)22(29)27(20-13-12-17(3)25-15-21(20)28)34(31,32)18-10-8-7-9-11-18/h7-11,16-17,19-21,25,28H,12-15H2,1-6H3,(H,26,30)/t17-,19+,20+,21+/m1/s1. The second-order valence-corrected chi connectivity index (χ2v) is 12.1. The van der Waals surface area contributed by atoms with E-state index in [4.69, 9.17) is 4.74 Å². The molecule has 9 nitrogen and oxygen atoms in total. The molecule has 0 aliphatic carbocycles. The van der Waals surface area contributed by atoms with Crippen molar-refractivity contribution in [2.45, 2.75) is 95.5 Å². The lowest BCUT2D eigenvalue weighted by atomic mass is 10.0. The molecule has 0 aromatic heterocycles. The summed E-state index contributed by atoms with van der Waals surface area (Å²) in [6.45, 7) is 10.9. The number of nitrogens with zero attached hydrogens (tertiary/aromatic N) is 1. The molecule has 1 aliphatic rings. The maximum atomic E-state index is 13.9. The minimum absolute atomic E-state index is 0.0223. The first-order chi connectivity index (χ1) is 15.7. The maximum Gasteiger partial charge on any atom is 0.408 e. The molecular formula is C24H39N3O6S. The molecule has 4 atom stereocenters. The number of hydrogen-bond donors (Lipinski definition) is 3. The van der Waals surface area contributed by atoms with Gasteiger partial charge in [-0.25, -0.2) is 17.5 Å². The van der Waals surface area contributed by atoms with Gasteiger partial charge in [-0.2, -0.15) is 0 Å². The van der Waals surface area contributed by atoms with Gasteiger partial charge < -0.3 is 20.5 Å². The van der Waals surface area contributed by atoms with Crippen molar-refractivity contribution in [2.24, 2.45) is 5.92 Å². The van der Waals surface area contributed by atoms with Gasteiger partial charge in [-0.15, -0.1) is 0 Å². The zero-order valence-corrected chi connectivity index (χ0v) is 21.8. The third-order valence-electron chi connectivity index (χ3n) is 5.53. The van der Waals surface area contributed by atoms with Crippen LogP contribution < -0.4 is 10.6 Å². The molecule has 192 valence electrons. The largest absolute Gasteiger partial charge is 0.444 e. The second kappa shape index (κ2) is 11.5. The van der Waals surface area contributed by atoms with E-state index >= 15 is 0 Å². The molecule has 0 radical (unpaired) electrons. The maximum absolute atomic E-state index is 13.9. The number of hydrogen-bond acceptors (Lipinski definition) is 7. The van der Waals surface area contributed by atoms with Crippen molar-refractivity contribution in [2.75, 3.05) is 6.54 Å². The van der Waals surface area contributed by atoms with Crippen LogP contribution in [-0.2, 0) is 19.6 Å². The number of alkyl carbamates (subject to hydrolysis) is 1. The Kier molecular flexibility index (Phi) is 9.50. The van der Waals surface area contributed by atoms with Gasteiger partial charge in [0.25, 0.3) is 15.9 Å². The van der Waals surface area contributed by atoms with Crippen molar-refractivity contribution in [1.82, 2.24) is 14.9 Å². The highest BCUT2D eigenvalue weighted by Crippen LogP contribution is 2.27. The number of nitrogens with one attached hydrogen (secondary N) is 2. The zero-order chi connectivity index (χ0) is 25.7. The van der Waals surface area contributed by atoms with Gasteiger partial charge in [0.2, 0.25) is 0 Å². The van der Waals surface area contributed by atoms with Crippen LogP contribution in [0.15, 0.2) is 35.2 Å². The van der Waals surface area contributed by atoms with Gasteiger partial charge >= 0.3 is 6.09 Å². The average molecular weight is 498 g/mol. The number of amides is 2. The number of aliphatic hydroxyl groups is 1. The van der Waals surface area contributed by atoms with Crippen molar-refractivity contribution in [3.8, 4) is 0 Å². The van der Waals surface area contributed by atoms with Crippen LogP contribution in [0.4, 0.5) is 4.79 Å². The van der Waals surface area contributed by atoms with Crippen molar-refractivity contribution >= 4 is 22.0 Å². The van der Waals surface area contributed by atoms with Gasteiger partial charge in [-0.3, -0.25) is 4.79 Å². The van der Waals surface area contributed by atoms with Crippen molar-refractivity contribution < 1.29 is 27.9 Å². The van der Waals surface area contributed by atoms with Crippen LogP contribution in [0.3, 0.4) is 0 Å². The molecule has 0 unspecified atom stereocenters. The molecule has 1 aromatic carbocycles. The first kappa shape index (κ1) is 28.1. The lowest BCUT2D eigenvalue weighted by Crippen LogP contribution is -2.58. The van der Waals surface area contributed by atoms with E-state index in [0.29, 0.717) is 6.42 Å². The Hall–Kier alpha value is -2.17. The highest BCUT2D eigenvalue weighted by Gasteiger charge is 2.43. The molecule has 1 aromatic rings. The summed E-state index contributed by atoms with van der Waals surface area (Å²) in [4.78, 5) is 26.4. The monoisotopic (exact) mass is 497 g/mol. The van der Waals surface area contributed by atoms with Crippen LogP contribution in [0.25, 0.3) is 0 Å². The number of ether oxygens (including phenoxy) is 1. The quantitative estimate of drug-likeness (QED) is 0.529. The number of β-amino-alcohol motifs (C(OH)–C–C–N with tert-alkyl or cyclic N) is 1. The van der Waals surface area contributed by atoms with E-state index in [0.717, 1.165) is 4.31 Å². The van der Waals surface area contributed by atoms with E-state index in [1.165, 1.54) is 12.1 Å². The van der Waals surface area contributed by atoms with Gasteiger partial charge in [0.1, 0.15) is 11.6 Å². The molecule has 0 bridgehead atoms. The molecule has 1 heterocycles. The van der Waals surface area contributed by atoms with E-state index in [9.17, 15) is 23.1 Å². The summed E-state index contributed by atoms with van der Waals surface area (Å²) in [5.41, 5.74) is -0.787. The molecule has 2 rings (SSSR count). The lowest BCUT2D eigenvalue weighted by molar-refractivity contribution is -0.132. The summed E-state index contributed by atoms with van der Waals surface area (Å²) in [6.07, 6.45) is -0.844. The summed E-state index contributed by atoms with van der Waals surface area (Å²) < 4.78 is 33.6. The number of carbonyl (C=O) groups excluding carboxylic acids is 2. The molecule has 3 N–H and O–H groups in total. The van der Waals surface area contributed by atoms with Gasteiger partial charge in [-0.1, -0.05) is 32.0 Å². The Morgan fingerprint density at radius 1 is 1.21 bits per heavy atom. The van der Waals surface area contributed by atoms with Crippen LogP contribution in [0.2, 0.25) is 0 Å². The van der Waals surface area contributed by atoms with Gasteiger partial charge in [0, 0.05) is 12.6 Å². The summed E-state index contributed by atoms with van der Waals surface area (Å²) in [5, 5.41) is 16.6. The first-order valence-corrected chi connectivity index (χ1v) is 13.2. The minimum atomic E-state index is -4.31. The summed E-state index contributed by atoms with van der Waals surface area (Å²) in [6, 6.07) is 5.60. The van der Waals surface area contributed by atoms with Gasteiger partial charge in [-0.05, 0) is 65.0 Å². The molecular weight excluding hydrogens is 458 g/mol. The average Bonchev–Trinajstić information content (AvgIpc) is 2.88. The molecule has 2 amide bonds. The van der Waals surface area contributed by atoms with E-state index in [-0.39, 0.29) is 36.2 Å². The summed E-state index contributed by atoms with van der Waals surface area (Å²) >= 11 is 0. The Labute approximate surface area is 203 Å². The number of rotatable bonds is 7. The topological polar surface area (TPSA) is 125 Å². The number of sulfonamides is 1. The molecule has 1 aliphatic heterocycles. The molecule has 1 fully saturated rings. The molecule has 1 saturated heterocycles. The molecule has 0 saturated carbocycles. The Bertz CT molecular complexity index is 930. The fourth-order valence-electron chi connectivity index (χ4n) is 3.91. The lowest BCUT2D eigenvalue weighted by Gasteiger charge is -2.36. The predicted octanol–water partition coefficient (Wildman–Crippen LogP) is 2.64. The predicted molar refractivity (Wildman–Crippen MR) is 130 cm³/mol. The highest BCUT2D eigenvalue weighted by atomic mass is 32.2. The summed E-state index contributed by atoms with van der Waals surface area (Å²) in [5.74, 6) is -0.812. The van der Waals surface area contributed by atoms with Crippen LogP contribution in [0, 0.1) is 5.92 Å². The number of carbonyl (C=O) groups is 2. The second-order valence-electron chi connectivity index (χ2n) is 10.3. The number of benzene rings is 1. The first-order valence-electron chi connectivity index (χ1n) is 11.8. The highest BCUT2D eigenvalue weighted by molar-refractivity contribution is 7.89. The van der Waals surface area contributed by atoms with Crippen LogP contribution in [0.5, 0.6) is 0 Å². The molecule has 10 heteroatoms. The van der Waals surface area contributed by atoms with Crippen molar-refractivity contribution in [3.63, 3.8) is 0 Å². The fourth-order valence-corrected chi connectivity index (χ4v) is 5.60. The van der Waals surface area contributed by atoms with Crippen LogP contribution in [-0.4, -0.2) is 66.2 Å². The number of aliphatic hydroxyl groups excluding tert-OH is 1. The third kappa shape index (κ3) is 7.68. The van der Waals surface area contributed by atoms with Crippen LogP contribution >= 0.6 is 0 Å². The fraction of sp³-hybridized carbons (Fsp3) is 0.667. The normalized spacial score (nSPS) is 22.5. The Morgan fingerprint density at radius 3 is 2.38 bits per heavy atom. The Morgan fingerprint density at radius 2 is 1.82 bits per heavy atom. The van der Waals surface area contributed by atoms with Crippen LogP contribution in [0.1, 0.15) is 60.8 Å². The minimum Gasteiger partial charge on any atom is -0.444 e.